The Labute approximate surface area is 109 Å². The molecule has 2 atom stereocenters. The van der Waals surface area contributed by atoms with Crippen molar-refractivity contribution in [3.05, 3.63) is 35.4 Å². The van der Waals surface area contributed by atoms with Crippen LogP contribution in [0.2, 0.25) is 0 Å². The normalized spacial score (nSPS) is 13.7. The molecule has 0 aliphatic carbocycles. The highest BCUT2D eigenvalue weighted by Crippen LogP contribution is 2.16. The number of amides is 2. The van der Waals surface area contributed by atoms with E-state index in [-0.39, 0.29) is 6.42 Å². The molecular formula is C12H15F2N3O2. The van der Waals surface area contributed by atoms with Gasteiger partial charge in [-0.1, -0.05) is 6.07 Å². The van der Waals surface area contributed by atoms with Crippen molar-refractivity contribution in [2.75, 3.05) is 0 Å². The van der Waals surface area contributed by atoms with Crippen molar-refractivity contribution < 1.29 is 18.4 Å². The summed E-state index contributed by atoms with van der Waals surface area (Å²) in [5.41, 5.74) is 10.8. The number of hydrogen-bond donors (Lipinski definition) is 3. The fourth-order valence-corrected chi connectivity index (χ4v) is 1.49. The first-order valence-electron chi connectivity index (χ1n) is 5.60. The van der Waals surface area contributed by atoms with Crippen LogP contribution in [0.4, 0.5) is 8.78 Å². The molecule has 1 rings (SSSR count). The van der Waals surface area contributed by atoms with Crippen LogP contribution in [0.3, 0.4) is 0 Å². The molecule has 0 aliphatic rings. The summed E-state index contributed by atoms with van der Waals surface area (Å²) in [6.45, 7) is 1.58. The van der Waals surface area contributed by atoms with Crippen LogP contribution in [-0.2, 0) is 9.59 Å². The van der Waals surface area contributed by atoms with Crippen LogP contribution in [0, 0.1) is 11.6 Å². The quantitative estimate of drug-likeness (QED) is 0.720. The van der Waals surface area contributed by atoms with E-state index in [9.17, 15) is 18.4 Å². The molecule has 5 N–H and O–H groups in total. The number of nitrogens with two attached hydrogens (primary N) is 2. The summed E-state index contributed by atoms with van der Waals surface area (Å²) in [5, 5.41) is 2.49. The minimum atomic E-state index is -1.06. The van der Waals surface area contributed by atoms with Gasteiger partial charge in [0.05, 0.1) is 18.5 Å². The number of rotatable bonds is 5. The number of benzene rings is 1. The first kappa shape index (κ1) is 15.0. The summed E-state index contributed by atoms with van der Waals surface area (Å²) in [4.78, 5) is 22.2. The lowest BCUT2D eigenvalue weighted by molar-refractivity contribution is -0.126. The molecule has 0 fully saturated rings. The molecule has 0 spiro atoms. The average molecular weight is 271 g/mol. The van der Waals surface area contributed by atoms with Gasteiger partial charge >= 0.3 is 0 Å². The zero-order valence-electron chi connectivity index (χ0n) is 10.3. The third-order valence-corrected chi connectivity index (χ3v) is 2.56. The molecule has 0 heterocycles. The monoisotopic (exact) mass is 271 g/mol. The Hall–Kier alpha value is -2.02. The Bertz CT molecular complexity index is 494. The molecule has 19 heavy (non-hydrogen) atoms. The molecule has 1 aromatic rings. The van der Waals surface area contributed by atoms with Gasteiger partial charge in [0.1, 0.15) is 0 Å². The molecule has 2 amide bonds. The van der Waals surface area contributed by atoms with Gasteiger partial charge in [0, 0.05) is 0 Å². The van der Waals surface area contributed by atoms with E-state index in [1.165, 1.54) is 6.07 Å². The Morgan fingerprint density at radius 1 is 1.32 bits per heavy atom. The lowest BCUT2D eigenvalue weighted by atomic mass is 10.1. The molecule has 1 aromatic carbocycles. The average Bonchev–Trinajstić information content (AvgIpc) is 2.31. The van der Waals surface area contributed by atoms with E-state index in [0.717, 1.165) is 12.1 Å². The van der Waals surface area contributed by atoms with E-state index in [1.807, 2.05) is 0 Å². The van der Waals surface area contributed by atoms with Gasteiger partial charge in [-0.05, 0) is 24.6 Å². The van der Waals surface area contributed by atoms with Crippen LogP contribution in [-0.4, -0.2) is 17.9 Å². The minimum absolute atomic E-state index is 0.281. The highest BCUT2D eigenvalue weighted by Gasteiger charge is 2.19. The third kappa shape index (κ3) is 4.29. The van der Waals surface area contributed by atoms with E-state index in [2.05, 4.69) is 5.32 Å². The Morgan fingerprint density at radius 3 is 2.47 bits per heavy atom. The standard InChI is InChI=1S/C12H15F2N3O2/c1-6(7-2-3-8(13)9(14)4-7)17-12(19)10(15)5-11(16)18/h2-4,6,10H,5,15H2,1H3,(H2,16,18)(H,17,19). The maximum Gasteiger partial charge on any atom is 0.237 e. The predicted octanol–water partition coefficient (Wildman–Crippen LogP) is 0.345. The smallest absolute Gasteiger partial charge is 0.237 e. The Balaban J connectivity index is 2.68. The van der Waals surface area contributed by atoms with Gasteiger partial charge in [0.25, 0.3) is 0 Å². The van der Waals surface area contributed by atoms with Crippen LogP contribution in [0.25, 0.3) is 0 Å². The van der Waals surface area contributed by atoms with Crippen LogP contribution in [0.1, 0.15) is 24.9 Å². The molecule has 5 nitrogen and oxygen atoms in total. The fraction of sp³-hybridized carbons (Fsp3) is 0.333. The first-order chi connectivity index (χ1) is 8.81. The van der Waals surface area contributed by atoms with E-state index in [4.69, 9.17) is 11.5 Å². The second-order valence-corrected chi connectivity index (χ2v) is 4.18. The summed E-state index contributed by atoms with van der Waals surface area (Å²) < 4.78 is 25.8. The van der Waals surface area contributed by atoms with Gasteiger partial charge < -0.3 is 16.8 Å². The third-order valence-electron chi connectivity index (χ3n) is 2.56. The van der Waals surface area contributed by atoms with E-state index >= 15 is 0 Å². The lowest BCUT2D eigenvalue weighted by Gasteiger charge is -2.17. The largest absolute Gasteiger partial charge is 0.370 e. The van der Waals surface area contributed by atoms with E-state index in [1.54, 1.807) is 6.92 Å². The van der Waals surface area contributed by atoms with Crippen molar-refractivity contribution in [3.8, 4) is 0 Å². The second-order valence-electron chi connectivity index (χ2n) is 4.18. The van der Waals surface area contributed by atoms with Crippen molar-refractivity contribution in [1.82, 2.24) is 5.32 Å². The van der Waals surface area contributed by atoms with Gasteiger partial charge in [-0.25, -0.2) is 8.78 Å². The zero-order valence-corrected chi connectivity index (χ0v) is 10.3. The molecule has 2 unspecified atom stereocenters. The lowest BCUT2D eigenvalue weighted by Crippen LogP contribution is -2.43. The van der Waals surface area contributed by atoms with Crippen molar-refractivity contribution >= 4 is 11.8 Å². The fourth-order valence-electron chi connectivity index (χ4n) is 1.49. The highest BCUT2D eigenvalue weighted by molar-refractivity contribution is 5.87. The number of carbonyl (C=O) groups excluding carboxylic acids is 2. The molecule has 0 bridgehead atoms. The van der Waals surface area contributed by atoms with Crippen molar-refractivity contribution in [3.63, 3.8) is 0 Å². The van der Waals surface area contributed by atoms with Crippen molar-refractivity contribution in [2.45, 2.75) is 25.4 Å². The molecule has 0 aliphatic heterocycles. The van der Waals surface area contributed by atoms with Crippen LogP contribution < -0.4 is 16.8 Å². The van der Waals surface area contributed by atoms with Gasteiger partial charge in [0.2, 0.25) is 11.8 Å². The van der Waals surface area contributed by atoms with Gasteiger partial charge in [0.15, 0.2) is 11.6 Å². The van der Waals surface area contributed by atoms with Gasteiger partial charge in [-0.3, -0.25) is 9.59 Å². The van der Waals surface area contributed by atoms with E-state index in [0.29, 0.717) is 5.56 Å². The van der Waals surface area contributed by atoms with Crippen LogP contribution in [0.15, 0.2) is 18.2 Å². The summed E-state index contributed by atoms with van der Waals surface area (Å²) in [6.07, 6.45) is -0.281. The summed E-state index contributed by atoms with van der Waals surface area (Å²) in [7, 11) is 0. The number of carbonyl (C=O) groups is 2. The number of halogens is 2. The minimum Gasteiger partial charge on any atom is -0.370 e. The SMILES string of the molecule is CC(NC(=O)C(N)CC(N)=O)c1ccc(F)c(F)c1. The second kappa shape index (κ2) is 6.24. The molecular weight excluding hydrogens is 256 g/mol. The zero-order chi connectivity index (χ0) is 14.6. The maximum absolute atomic E-state index is 13.0. The molecule has 0 radical (unpaired) electrons. The molecule has 0 saturated heterocycles. The molecule has 0 saturated carbocycles. The predicted molar refractivity (Wildman–Crippen MR) is 64.7 cm³/mol. The number of hydrogen-bond acceptors (Lipinski definition) is 3. The highest BCUT2D eigenvalue weighted by atomic mass is 19.2. The van der Waals surface area contributed by atoms with Crippen molar-refractivity contribution in [2.24, 2.45) is 11.5 Å². The van der Waals surface area contributed by atoms with Gasteiger partial charge in [-0.15, -0.1) is 0 Å². The van der Waals surface area contributed by atoms with Gasteiger partial charge in [-0.2, -0.15) is 0 Å². The summed E-state index contributed by atoms with van der Waals surface area (Å²) >= 11 is 0. The first-order valence-corrected chi connectivity index (χ1v) is 5.60. The van der Waals surface area contributed by atoms with E-state index < -0.39 is 35.5 Å². The van der Waals surface area contributed by atoms with Crippen LogP contribution in [0.5, 0.6) is 0 Å². The Morgan fingerprint density at radius 2 is 1.95 bits per heavy atom. The number of primary amides is 1. The summed E-state index contributed by atoms with van der Waals surface area (Å²) in [6, 6.07) is 1.67. The number of nitrogens with one attached hydrogen (secondary N) is 1. The van der Waals surface area contributed by atoms with Crippen LogP contribution >= 0.6 is 0 Å². The molecule has 0 aromatic heterocycles. The van der Waals surface area contributed by atoms with Crippen molar-refractivity contribution in [1.29, 1.82) is 0 Å². The Kier molecular flexibility index (Phi) is 4.94. The molecule has 104 valence electrons. The topological polar surface area (TPSA) is 98.2 Å². The summed E-state index contributed by atoms with van der Waals surface area (Å²) in [5.74, 6) is -3.24. The maximum atomic E-state index is 13.0. The molecule has 7 heteroatoms.